The van der Waals surface area contributed by atoms with Crippen LogP contribution in [0.4, 0.5) is 4.39 Å². The number of rotatable bonds is 5. The molecule has 1 aromatic heterocycles. The first-order valence-corrected chi connectivity index (χ1v) is 7.68. The summed E-state index contributed by atoms with van der Waals surface area (Å²) in [5.74, 6) is 0.622. The number of halogens is 1. The van der Waals surface area contributed by atoms with Crippen molar-refractivity contribution >= 4 is 11.3 Å². The van der Waals surface area contributed by atoms with E-state index >= 15 is 0 Å². The highest BCUT2D eigenvalue weighted by molar-refractivity contribution is 7.15. The summed E-state index contributed by atoms with van der Waals surface area (Å²) in [6.07, 6.45) is 2.65. The number of hydrogen-bond donors (Lipinski definition) is 1. The number of benzene rings is 1. The van der Waals surface area contributed by atoms with Gasteiger partial charge in [-0.2, -0.15) is 0 Å². The largest absolute Gasteiger partial charge is 0.309 e. The first-order valence-electron chi connectivity index (χ1n) is 6.87. The molecular formula is C16H18FNS. The van der Waals surface area contributed by atoms with Gasteiger partial charge in [0.25, 0.3) is 0 Å². The fourth-order valence-electron chi connectivity index (χ4n) is 2.47. The minimum Gasteiger partial charge on any atom is -0.309 e. The average Bonchev–Trinajstić information content (AvgIpc) is 3.13. The van der Waals surface area contributed by atoms with Crippen LogP contribution in [0.1, 0.15) is 30.7 Å². The van der Waals surface area contributed by atoms with E-state index in [4.69, 9.17) is 0 Å². The van der Waals surface area contributed by atoms with Crippen LogP contribution in [-0.4, -0.2) is 6.54 Å². The Morgan fingerprint density at radius 3 is 2.84 bits per heavy atom. The average molecular weight is 275 g/mol. The van der Waals surface area contributed by atoms with Gasteiger partial charge in [0.2, 0.25) is 0 Å². The van der Waals surface area contributed by atoms with Crippen molar-refractivity contribution in [1.82, 2.24) is 5.32 Å². The van der Waals surface area contributed by atoms with Crippen LogP contribution in [0, 0.1) is 11.7 Å². The molecule has 100 valence electrons. The van der Waals surface area contributed by atoms with E-state index in [1.165, 1.54) is 23.8 Å². The van der Waals surface area contributed by atoms with Crippen LogP contribution in [-0.2, 0) is 0 Å². The van der Waals surface area contributed by atoms with E-state index in [0.717, 1.165) is 22.9 Å². The van der Waals surface area contributed by atoms with E-state index in [1.54, 1.807) is 23.5 Å². The van der Waals surface area contributed by atoms with Gasteiger partial charge in [-0.1, -0.05) is 19.1 Å². The number of nitrogens with one attached hydrogen (secondary N) is 1. The van der Waals surface area contributed by atoms with Gasteiger partial charge in [0, 0.05) is 15.8 Å². The molecule has 2 aromatic rings. The van der Waals surface area contributed by atoms with E-state index in [2.05, 4.69) is 24.4 Å². The number of hydrogen-bond acceptors (Lipinski definition) is 2. The summed E-state index contributed by atoms with van der Waals surface area (Å²) in [6, 6.07) is 11.6. The van der Waals surface area contributed by atoms with Gasteiger partial charge >= 0.3 is 0 Å². The minimum absolute atomic E-state index is 0.169. The quantitative estimate of drug-likeness (QED) is 0.840. The van der Waals surface area contributed by atoms with Gasteiger partial charge < -0.3 is 5.32 Å². The summed E-state index contributed by atoms with van der Waals surface area (Å²) in [7, 11) is 0. The van der Waals surface area contributed by atoms with Crippen molar-refractivity contribution in [2.75, 3.05) is 6.54 Å². The predicted molar refractivity (Wildman–Crippen MR) is 78.9 cm³/mol. The fourth-order valence-corrected chi connectivity index (χ4v) is 3.64. The first-order chi connectivity index (χ1) is 9.28. The highest BCUT2D eigenvalue weighted by atomic mass is 32.1. The molecule has 1 unspecified atom stereocenters. The Balaban J connectivity index is 1.85. The third-order valence-corrected chi connectivity index (χ3v) is 4.78. The van der Waals surface area contributed by atoms with Gasteiger partial charge in [-0.05, 0) is 55.1 Å². The maximum absolute atomic E-state index is 13.3. The molecule has 0 amide bonds. The molecular weight excluding hydrogens is 257 g/mol. The van der Waals surface area contributed by atoms with Gasteiger partial charge in [-0.3, -0.25) is 0 Å². The SMILES string of the molecule is CCNC(c1ccc(-c2cccc(F)c2)s1)C1CC1. The zero-order valence-corrected chi connectivity index (χ0v) is 11.8. The van der Waals surface area contributed by atoms with Crippen molar-refractivity contribution < 1.29 is 4.39 Å². The molecule has 0 spiro atoms. The molecule has 19 heavy (non-hydrogen) atoms. The van der Waals surface area contributed by atoms with E-state index < -0.39 is 0 Å². The Morgan fingerprint density at radius 2 is 2.16 bits per heavy atom. The molecule has 1 aliphatic rings. The Hall–Kier alpha value is -1.19. The van der Waals surface area contributed by atoms with Crippen molar-refractivity contribution in [3.63, 3.8) is 0 Å². The first kappa shape index (κ1) is 12.8. The van der Waals surface area contributed by atoms with Crippen LogP contribution in [0.2, 0.25) is 0 Å². The Kier molecular flexibility index (Phi) is 3.67. The third-order valence-electron chi connectivity index (χ3n) is 3.56. The van der Waals surface area contributed by atoms with Crippen LogP contribution in [0.5, 0.6) is 0 Å². The highest BCUT2D eigenvalue weighted by Gasteiger charge is 2.32. The molecule has 1 saturated carbocycles. The molecule has 0 radical (unpaired) electrons. The molecule has 3 heteroatoms. The van der Waals surface area contributed by atoms with Gasteiger partial charge in [0.05, 0.1) is 0 Å². The van der Waals surface area contributed by atoms with E-state index in [1.807, 2.05) is 6.07 Å². The van der Waals surface area contributed by atoms with Gasteiger partial charge in [-0.25, -0.2) is 4.39 Å². The second-order valence-corrected chi connectivity index (χ2v) is 6.20. The summed E-state index contributed by atoms with van der Waals surface area (Å²) in [6.45, 7) is 3.14. The lowest BCUT2D eigenvalue weighted by atomic mass is 10.1. The lowest BCUT2D eigenvalue weighted by Gasteiger charge is -2.15. The molecule has 0 saturated heterocycles. The molecule has 1 nitrogen and oxygen atoms in total. The van der Waals surface area contributed by atoms with E-state index in [9.17, 15) is 4.39 Å². The normalized spacial score (nSPS) is 16.5. The van der Waals surface area contributed by atoms with Crippen LogP contribution in [0.15, 0.2) is 36.4 Å². The van der Waals surface area contributed by atoms with Crippen LogP contribution in [0.25, 0.3) is 10.4 Å². The van der Waals surface area contributed by atoms with Crippen molar-refractivity contribution in [3.05, 3.63) is 47.1 Å². The van der Waals surface area contributed by atoms with Crippen molar-refractivity contribution in [1.29, 1.82) is 0 Å². The maximum Gasteiger partial charge on any atom is 0.123 e. The molecule has 1 heterocycles. The summed E-state index contributed by atoms with van der Waals surface area (Å²) < 4.78 is 13.3. The molecule has 1 aromatic carbocycles. The minimum atomic E-state index is -0.169. The van der Waals surface area contributed by atoms with Crippen LogP contribution in [0.3, 0.4) is 0 Å². The summed E-state index contributed by atoms with van der Waals surface area (Å²) in [5.41, 5.74) is 0.974. The summed E-state index contributed by atoms with van der Waals surface area (Å²) in [5, 5.41) is 3.57. The van der Waals surface area contributed by atoms with E-state index in [0.29, 0.717) is 6.04 Å². The van der Waals surface area contributed by atoms with Gasteiger partial charge in [0.15, 0.2) is 0 Å². The molecule has 3 rings (SSSR count). The van der Waals surface area contributed by atoms with E-state index in [-0.39, 0.29) is 5.82 Å². The Morgan fingerprint density at radius 1 is 1.32 bits per heavy atom. The molecule has 1 atom stereocenters. The monoisotopic (exact) mass is 275 g/mol. The predicted octanol–water partition coefficient (Wildman–Crippen LogP) is 4.61. The topological polar surface area (TPSA) is 12.0 Å². The molecule has 1 N–H and O–H groups in total. The van der Waals surface area contributed by atoms with Crippen LogP contribution < -0.4 is 5.32 Å². The standard InChI is InChI=1S/C16H18FNS/c1-2-18-16(11-6-7-11)15-9-8-14(19-15)12-4-3-5-13(17)10-12/h3-5,8-11,16,18H,2,6-7H2,1H3. The smallest absolute Gasteiger partial charge is 0.123 e. The van der Waals surface area contributed by atoms with Crippen molar-refractivity contribution in [2.45, 2.75) is 25.8 Å². The Bertz CT molecular complexity index is 559. The Labute approximate surface area is 117 Å². The number of thiophene rings is 1. The van der Waals surface area contributed by atoms with Gasteiger partial charge in [-0.15, -0.1) is 11.3 Å². The lowest BCUT2D eigenvalue weighted by molar-refractivity contribution is 0.504. The highest BCUT2D eigenvalue weighted by Crippen LogP contribution is 2.44. The van der Waals surface area contributed by atoms with Crippen molar-refractivity contribution in [2.24, 2.45) is 5.92 Å². The molecule has 1 fully saturated rings. The molecule has 0 aliphatic heterocycles. The summed E-state index contributed by atoms with van der Waals surface area (Å²) in [4.78, 5) is 2.53. The van der Waals surface area contributed by atoms with Crippen molar-refractivity contribution in [3.8, 4) is 10.4 Å². The van der Waals surface area contributed by atoms with Crippen LogP contribution >= 0.6 is 11.3 Å². The molecule has 0 bridgehead atoms. The zero-order chi connectivity index (χ0) is 13.2. The lowest BCUT2D eigenvalue weighted by Crippen LogP contribution is -2.21. The molecule has 1 aliphatic carbocycles. The van der Waals surface area contributed by atoms with Gasteiger partial charge in [0.1, 0.15) is 5.82 Å². The summed E-state index contributed by atoms with van der Waals surface area (Å²) >= 11 is 1.78. The fraction of sp³-hybridized carbons (Fsp3) is 0.375. The second-order valence-electron chi connectivity index (χ2n) is 5.09. The third kappa shape index (κ3) is 2.88. The zero-order valence-electron chi connectivity index (χ0n) is 11.0. The second kappa shape index (κ2) is 5.43. The maximum atomic E-state index is 13.3.